The first-order chi connectivity index (χ1) is 9.73. The van der Waals surface area contributed by atoms with E-state index in [4.69, 9.17) is 16.6 Å². The van der Waals surface area contributed by atoms with Crippen LogP contribution in [-0.4, -0.2) is 47.6 Å². The van der Waals surface area contributed by atoms with Gasteiger partial charge in [0.15, 0.2) is 5.96 Å². The average Bonchev–Trinajstić information content (AvgIpc) is 2.85. The number of fused-ring (bicyclic) bond motifs is 2. The van der Waals surface area contributed by atoms with Gasteiger partial charge in [-0.25, -0.2) is 9.98 Å². The van der Waals surface area contributed by atoms with Gasteiger partial charge in [0.1, 0.15) is 5.82 Å². The lowest BCUT2D eigenvalue weighted by molar-refractivity contribution is 0.0374. The van der Waals surface area contributed by atoms with Crippen LogP contribution in [0.1, 0.15) is 12.8 Å². The lowest BCUT2D eigenvalue weighted by atomic mass is 9.73. The molecular formula is C14H18ClN5. The molecule has 1 aromatic rings. The molecule has 2 N–H and O–H groups in total. The van der Waals surface area contributed by atoms with Crippen molar-refractivity contribution in [1.82, 2.24) is 15.2 Å². The standard InChI is InChI=1S/C14H18ClN5/c15-11-1-2-12(16-7-11)18-13-17-8-14(19-13)9-20-5-3-10(14)4-6-20/h1-2,7,10H,3-6,8-9H2,(H2,16,17,18,19). The van der Waals surface area contributed by atoms with Gasteiger partial charge in [0.2, 0.25) is 0 Å². The summed E-state index contributed by atoms with van der Waals surface area (Å²) < 4.78 is 0. The fourth-order valence-electron chi connectivity index (χ4n) is 3.65. The van der Waals surface area contributed by atoms with Crippen molar-refractivity contribution in [2.24, 2.45) is 10.9 Å². The summed E-state index contributed by atoms with van der Waals surface area (Å²) in [5.74, 6) is 2.34. The number of hydrogen-bond donors (Lipinski definition) is 2. The minimum Gasteiger partial charge on any atom is -0.354 e. The van der Waals surface area contributed by atoms with Crippen LogP contribution in [0.25, 0.3) is 0 Å². The van der Waals surface area contributed by atoms with Gasteiger partial charge in [-0.05, 0) is 44.0 Å². The molecule has 3 fully saturated rings. The molecule has 3 saturated heterocycles. The van der Waals surface area contributed by atoms with Crippen LogP contribution >= 0.6 is 11.6 Å². The average molecular weight is 292 g/mol. The Labute approximate surface area is 123 Å². The quantitative estimate of drug-likeness (QED) is 0.825. The molecule has 0 aliphatic carbocycles. The molecular weight excluding hydrogens is 274 g/mol. The zero-order valence-corrected chi connectivity index (χ0v) is 12.0. The SMILES string of the molecule is Clc1ccc(NC2=NC3(CN2)CN2CCC3CC2)nc1. The topological polar surface area (TPSA) is 52.6 Å². The third kappa shape index (κ3) is 2.05. The molecule has 4 aliphatic rings. The van der Waals surface area contributed by atoms with Crippen molar-refractivity contribution in [3.63, 3.8) is 0 Å². The maximum absolute atomic E-state index is 5.85. The number of nitrogens with one attached hydrogen (secondary N) is 2. The molecule has 1 unspecified atom stereocenters. The van der Waals surface area contributed by atoms with Gasteiger partial charge in [0.25, 0.3) is 0 Å². The highest BCUT2D eigenvalue weighted by molar-refractivity contribution is 6.30. The summed E-state index contributed by atoms with van der Waals surface area (Å²) in [6, 6.07) is 3.70. The van der Waals surface area contributed by atoms with Crippen LogP contribution in [0.3, 0.4) is 0 Å². The Bertz CT molecular complexity index is 535. The first-order valence-electron chi connectivity index (χ1n) is 7.18. The number of pyridine rings is 1. The molecule has 1 spiro atoms. The molecule has 5 rings (SSSR count). The molecule has 5 heterocycles. The summed E-state index contributed by atoms with van der Waals surface area (Å²) in [6.45, 7) is 4.50. The van der Waals surface area contributed by atoms with Crippen LogP contribution in [0.5, 0.6) is 0 Å². The van der Waals surface area contributed by atoms with Crippen molar-refractivity contribution < 1.29 is 0 Å². The number of hydrogen-bond acceptors (Lipinski definition) is 5. The minimum absolute atomic E-state index is 0.0747. The Morgan fingerprint density at radius 2 is 2.20 bits per heavy atom. The summed E-state index contributed by atoms with van der Waals surface area (Å²) in [7, 11) is 0. The largest absolute Gasteiger partial charge is 0.354 e. The van der Waals surface area contributed by atoms with E-state index in [1.54, 1.807) is 6.20 Å². The predicted molar refractivity (Wildman–Crippen MR) is 80.2 cm³/mol. The number of aliphatic imine (C=N–C) groups is 1. The molecule has 1 aromatic heterocycles. The molecule has 0 amide bonds. The fourth-order valence-corrected chi connectivity index (χ4v) is 3.77. The van der Waals surface area contributed by atoms with E-state index in [2.05, 4.69) is 20.5 Å². The molecule has 0 radical (unpaired) electrons. The van der Waals surface area contributed by atoms with Crippen LogP contribution in [-0.2, 0) is 0 Å². The monoisotopic (exact) mass is 291 g/mol. The second-order valence-corrected chi connectivity index (χ2v) is 6.39. The van der Waals surface area contributed by atoms with Gasteiger partial charge in [-0.15, -0.1) is 0 Å². The van der Waals surface area contributed by atoms with E-state index in [1.807, 2.05) is 12.1 Å². The van der Waals surface area contributed by atoms with Crippen LogP contribution in [0.4, 0.5) is 5.82 Å². The lowest BCUT2D eigenvalue weighted by Gasteiger charge is -2.49. The smallest absolute Gasteiger partial charge is 0.197 e. The van der Waals surface area contributed by atoms with E-state index in [9.17, 15) is 0 Å². The molecule has 2 bridgehead atoms. The van der Waals surface area contributed by atoms with Crippen molar-refractivity contribution in [2.75, 3.05) is 31.5 Å². The molecule has 1 atom stereocenters. The normalized spacial score (nSPS) is 35.0. The van der Waals surface area contributed by atoms with E-state index in [0.29, 0.717) is 5.02 Å². The second-order valence-electron chi connectivity index (χ2n) is 5.95. The highest BCUT2D eigenvalue weighted by Crippen LogP contribution is 2.39. The summed E-state index contributed by atoms with van der Waals surface area (Å²) >= 11 is 5.85. The minimum atomic E-state index is 0.0747. The van der Waals surface area contributed by atoms with Crippen LogP contribution < -0.4 is 10.6 Å². The number of halogens is 1. The van der Waals surface area contributed by atoms with Gasteiger partial charge in [0, 0.05) is 19.3 Å². The van der Waals surface area contributed by atoms with Crippen LogP contribution in [0.2, 0.25) is 5.02 Å². The molecule has 0 aromatic carbocycles. The van der Waals surface area contributed by atoms with Crippen molar-refractivity contribution in [1.29, 1.82) is 0 Å². The number of aromatic nitrogens is 1. The van der Waals surface area contributed by atoms with Crippen LogP contribution in [0.15, 0.2) is 23.3 Å². The van der Waals surface area contributed by atoms with Gasteiger partial charge < -0.3 is 15.5 Å². The summed E-state index contributed by atoms with van der Waals surface area (Å²) in [6.07, 6.45) is 4.19. The Hall–Kier alpha value is -1.33. The van der Waals surface area contributed by atoms with Crippen molar-refractivity contribution >= 4 is 23.4 Å². The molecule has 4 aliphatic heterocycles. The number of piperidine rings is 3. The first kappa shape index (κ1) is 12.4. The Kier molecular flexibility index (Phi) is 2.86. The zero-order valence-electron chi connectivity index (χ0n) is 11.3. The van der Waals surface area contributed by atoms with Gasteiger partial charge >= 0.3 is 0 Å². The van der Waals surface area contributed by atoms with Gasteiger partial charge in [-0.3, -0.25) is 0 Å². The second kappa shape index (κ2) is 4.60. The van der Waals surface area contributed by atoms with Crippen molar-refractivity contribution in [3.8, 4) is 0 Å². The molecule has 0 saturated carbocycles. The number of guanidine groups is 1. The first-order valence-corrected chi connectivity index (χ1v) is 7.56. The summed E-state index contributed by atoms with van der Waals surface area (Å²) in [5.41, 5.74) is 0.0747. The molecule has 106 valence electrons. The maximum Gasteiger partial charge on any atom is 0.197 e. The highest BCUT2D eigenvalue weighted by Gasteiger charge is 2.49. The third-order valence-corrected chi connectivity index (χ3v) is 4.94. The van der Waals surface area contributed by atoms with E-state index in [0.717, 1.165) is 30.8 Å². The van der Waals surface area contributed by atoms with Crippen LogP contribution in [0, 0.1) is 5.92 Å². The third-order valence-electron chi connectivity index (χ3n) is 4.72. The predicted octanol–water partition coefficient (Wildman–Crippen LogP) is 1.57. The van der Waals surface area contributed by atoms with E-state index >= 15 is 0 Å². The summed E-state index contributed by atoms with van der Waals surface area (Å²) in [5, 5.41) is 7.30. The summed E-state index contributed by atoms with van der Waals surface area (Å²) in [4.78, 5) is 11.7. The zero-order chi connectivity index (χ0) is 13.6. The number of rotatable bonds is 1. The molecule has 6 heteroatoms. The van der Waals surface area contributed by atoms with Crippen molar-refractivity contribution in [3.05, 3.63) is 23.4 Å². The van der Waals surface area contributed by atoms with E-state index in [-0.39, 0.29) is 5.54 Å². The van der Waals surface area contributed by atoms with Gasteiger partial charge in [-0.1, -0.05) is 11.6 Å². The molecule has 20 heavy (non-hydrogen) atoms. The lowest BCUT2D eigenvalue weighted by Crippen LogP contribution is -2.59. The Morgan fingerprint density at radius 1 is 1.35 bits per heavy atom. The number of nitrogens with zero attached hydrogens (tertiary/aromatic N) is 3. The van der Waals surface area contributed by atoms with E-state index in [1.165, 1.54) is 25.9 Å². The highest BCUT2D eigenvalue weighted by atomic mass is 35.5. The Balaban J connectivity index is 1.53. The maximum atomic E-state index is 5.85. The van der Waals surface area contributed by atoms with Crippen molar-refractivity contribution in [2.45, 2.75) is 18.4 Å². The fraction of sp³-hybridized carbons (Fsp3) is 0.571. The Morgan fingerprint density at radius 3 is 2.85 bits per heavy atom. The molecule has 5 nitrogen and oxygen atoms in total. The number of anilines is 1. The van der Waals surface area contributed by atoms with Gasteiger partial charge in [-0.2, -0.15) is 0 Å². The van der Waals surface area contributed by atoms with Gasteiger partial charge in [0.05, 0.1) is 10.6 Å². The van der Waals surface area contributed by atoms with E-state index < -0.39 is 0 Å².